The molecule has 0 amide bonds. The highest BCUT2D eigenvalue weighted by Gasteiger charge is 2.35. The van der Waals surface area contributed by atoms with Gasteiger partial charge >= 0.3 is 7.82 Å². The maximum Gasteiger partial charge on any atom is 0.475 e. The molecule has 0 N–H and O–H groups in total. The van der Waals surface area contributed by atoms with E-state index in [1.54, 1.807) is 13.8 Å². The summed E-state index contributed by atoms with van der Waals surface area (Å²) in [6, 6.07) is 5.86. The number of hydrogen-bond acceptors (Lipinski definition) is 5. The molecule has 0 radical (unpaired) electrons. The van der Waals surface area contributed by atoms with Gasteiger partial charge < -0.3 is 4.74 Å². The Hall–Kier alpha value is -1.01. The fraction of sp³-hybridized carbons (Fsp3) is 0.538. The summed E-state index contributed by atoms with van der Waals surface area (Å²) >= 11 is 0. The molecule has 0 aromatic heterocycles. The van der Waals surface area contributed by atoms with Crippen molar-refractivity contribution in [1.29, 1.82) is 0 Å². The zero-order chi connectivity index (χ0) is 15.9. The predicted octanol–water partition coefficient (Wildman–Crippen LogP) is 4.20. The van der Waals surface area contributed by atoms with Crippen LogP contribution in [0.4, 0.5) is 8.78 Å². The number of hydrogen-bond donors (Lipinski definition) is 0. The average molecular weight is 324 g/mol. The monoisotopic (exact) mass is 324 g/mol. The van der Waals surface area contributed by atoms with Gasteiger partial charge in [0.05, 0.1) is 20.3 Å². The summed E-state index contributed by atoms with van der Waals surface area (Å²) in [5.74, 6) is 0.518. The second-order valence-corrected chi connectivity index (χ2v) is 5.54. The first-order valence-corrected chi connectivity index (χ1v) is 7.91. The molecule has 120 valence electrons. The largest absolute Gasteiger partial charge is 0.497 e. The molecule has 1 rings (SSSR count). The normalized spacial score (nSPS) is 13.4. The highest BCUT2D eigenvalue weighted by Crippen LogP contribution is 2.54. The van der Waals surface area contributed by atoms with Crippen molar-refractivity contribution in [3.63, 3.8) is 0 Å². The van der Waals surface area contributed by atoms with E-state index >= 15 is 0 Å². The number of benzene rings is 1. The standard InChI is InChI=1S/C13H19F2O5P/c1-4-18-21(16,19-5-2)20-12(13(14)15)10-6-8-11(17-3)9-7-10/h6-9,12-13H,4-5H2,1-3H3/t12-/m1/s1. The SMILES string of the molecule is CCOP(=O)(OCC)O[C@H](c1ccc(OC)cc1)C(F)F. The number of phosphoric ester groups is 1. The van der Waals surface area contributed by atoms with Gasteiger partial charge in [-0.05, 0) is 31.5 Å². The van der Waals surface area contributed by atoms with E-state index in [0.717, 1.165) is 0 Å². The quantitative estimate of drug-likeness (QED) is 0.637. The molecule has 0 heterocycles. The minimum atomic E-state index is -4.02. The molecular weight excluding hydrogens is 305 g/mol. The van der Waals surface area contributed by atoms with Crippen LogP contribution in [0.3, 0.4) is 0 Å². The molecule has 21 heavy (non-hydrogen) atoms. The van der Waals surface area contributed by atoms with Crippen LogP contribution in [0.15, 0.2) is 24.3 Å². The molecule has 0 aliphatic carbocycles. The molecule has 0 fully saturated rings. The minimum Gasteiger partial charge on any atom is -0.497 e. The van der Waals surface area contributed by atoms with Gasteiger partial charge in [0.1, 0.15) is 5.75 Å². The van der Waals surface area contributed by atoms with Crippen molar-refractivity contribution in [1.82, 2.24) is 0 Å². The molecule has 8 heteroatoms. The van der Waals surface area contributed by atoms with Gasteiger partial charge in [-0.1, -0.05) is 12.1 Å². The van der Waals surface area contributed by atoms with Crippen LogP contribution >= 0.6 is 7.82 Å². The lowest BCUT2D eigenvalue weighted by molar-refractivity contribution is -0.0173. The van der Waals surface area contributed by atoms with Crippen LogP contribution in [0.2, 0.25) is 0 Å². The summed E-state index contributed by atoms with van der Waals surface area (Å²) in [5, 5.41) is 0. The van der Waals surface area contributed by atoms with E-state index in [1.807, 2.05) is 0 Å². The predicted molar refractivity (Wildman–Crippen MR) is 73.7 cm³/mol. The Morgan fingerprint density at radius 1 is 1.10 bits per heavy atom. The van der Waals surface area contributed by atoms with Crippen molar-refractivity contribution in [2.24, 2.45) is 0 Å². The van der Waals surface area contributed by atoms with Crippen molar-refractivity contribution in [3.8, 4) is 5.75 Å². The third-order valence-electron chi connectivity index (χ3n) is 2.49. The zero-order valence-electron chi connectivity index (χ0n) is 12.1. The lowest BCUT2D eigenvalue weighted by atomic mass is 10.1. The third kappa shape index (κ3) is 5.36. The molecule has 1 atom stereocenters. The Balaban J connectivity index is 2.97. The number of halogens is 2. The molecule has 0 unspecified atom stereocenters. The highest BCUT2D eigenvalue weighted by atomic mass is 31.2. The molecule has 0 spiro atoms. The van der Waals surface area contributed by atoms with Crippen molar-refractivity contribution in [3.05, 3.63) is 29.8 Å². The first kappa shape index (κ1) is 18.0. The van der Waals surface area contributed by atoms with E-state index in [1.165, 1.54) is 31.4 Å². The summed E-state index contributed by atoms with van der Waals surface area (Å²) in [6.45, 7) is 3.19. The van der Waals surface area contributed by atoms with Gasteiger partial charge in [-0.3, -0.25) is 13.6 Å². The van der Waals surface area contributed by atoms with Crippen molar-refractivity contribution in [2.45, 2.75) is 26.4 Å². The Bertz CT molecular complexity index is 456. The second-order valence-electron chi connectivity index (χ2n) is 3.92. The summed E-state index contributed by atoms with van der Waals surface area (Å²) in [7, 11) is -2.56. The Morgan fingerprint density at radius 2 is 1.62 bits per heavy atom. The van der Waals surface area contributed by atoms with Crippen molar-refractivity contribution < 1.29 is 31.7 Å². The fourth-order valence-electron chi connectivity index (χ4n) is 1.60. The maximum atomic E-state index is 13.2. The lowest BCUT2D eigenvalue weighted by Crippen LogP contribution is -2.14. The Morgan fingerprint density at radius 3 is 2.00 bits per heavy atom. The van der Waals surface area contributed by atoms with Gasteiger partial charge in [0.25, 0.3) is 6.43 Å². The summed E-state index contributed by atoms with van der Waals surface area (Å²) in [6.07, 6.45) is -4.59. The average Bonchev–Trinajstić information content (AvgIpc) is 2.45. The van der Waals surface area contributed by atoms with Crippen LogP contribution in [-0.2, 0) is 18.1 Å². The molecule has 0 aliphatic rings. The molecule has 0 bridgehead atoms. The van der Waals surface area contributed by atoms with E-state index in [-0.39, 0.29) is 18.8 Å². The van der Waals surface area contributed by atoms with Crippen LogP contribution in [0.1, 0.15) is 25.5 Å². The number of rotatable bonds is 9. The van der Waals surface area contributed by atoms with Crippen LogP contribution in [0.25, 0.3) is 0 Å². The highest BCUT2D eigenvalue weighted by molar-refractivity contribution is 7.48. The molecule has 1 aromatic carbocycles. The number of alkyl halides is 2. The van der Waals surface area contributed by atoms with Crippen molar-refractivity contribution in [2.75, 3.05) is 20.3 Å². The number of phosphoric acid groups is 1. The van der Waals surface area contributed by atoms with Crippen LogP contribution in [0.5, 0.6) is 5.75 Å². The van der Waals surface area contributed by atoms with E-state index in [2.05, 4.69) is 0 Å². The second kappa shape index (κ2) is 8.44. The fourth-order valence-corrected chi connectivity index (χ4v) is 2.92. The van der Waals surface area contributed by atoms with Gasteiger partial charge in [0.15, 0.2) is 6.10 Å². The van der Waals surface area contributed by atoms with Gasteiger partial charge in [0, 0.05) is 0 Å². The molecule has 0 aliphatic heterocycles. The number of methoxy groups -OCH3 is 1. The molecule has 0 saturated carbocycles. The van der Waals surface area contributed by atoms with E-state index in [4.69, 9.17) is 18.3 Å². The number of ether oxygens (including phenoxy) is 1. The summed E-state index contributed by atoms with van der Waals surface area (Å²) < 4.78 is 58.2. The summed E-state index contributed by atoms with van der Waals surface area (Å²) in [5.41, 5.74) is 0.158. The first-order valence-electron chi connectivity index (χ1n) is 6.45. The topological polar surface area (TPSA) is 54.0 Å². The smallest absolute Gasteiger partial charge is 0.475 e. The van der Waals surface area contributed by atoms with E-state index in [9.17, 15) is 13.3 Å². The first-order chi connectivity index (χ1) is 9.95. The maximum absolute atomic E-state index is 13.2. The van der Waals surface area contributed by atoms with Crippen LogP contribution in [-0.4, -0.2) is 26.7 Å². The zero-order valence-corrected chi connectivity index (χ0v) is 13.0. The lowest BCUT2D eigenvalue weighted by Gasteiger charge is -2.23. The van der Waals surface area contributed by atoms with Crippen molar-refractivity contribution >= 4 is 7.82 Å². The van der Waals surface area contributed by atoms with Gasteiger partial charge in [-0.2, -0.15) is 0 Å². The van der Waals surface area contributed by atoms with Gasteiger partial charge in [0.2, 0.25) is 0 Å². The molecular formula is C13H19F2O5P. The van der Waals surface area contributed by atoms with Gasteiger partial charge in [-0.25, -0.2) is 13.3 Å². The van der Waals surface area contributed by atoms with Crippen LogP contribution < -0.4 is 4.74 Å². The Kier molecular flexibility index (Phi) is 7.25. The molecule has 1 aromatic rings. The molecule has 5 nitrogen and oxygen atoms in total. The third-order valence-corrected chi connectivity index (χ3v) is 4.12. The van der Waals surface area contributed by atoms with E-state index < -0.39 is 20.4 Å². The minimum absolute atomic E-state index is 0.0237. The molecule has 0 saturated heterocycles. The summed E-state index contributed by atoms with van der Waals surface area (Å²) in [4.78, 5) is 0. The van der Waals surface area contributed by atoms with E-state index in [0.29, 0.717) is 5.75 Å². The Labute approximate surface area is 122 Å². The van der Waals surface area contributed by atoms with Crippen LogP contribution in [0, 0.1) is 0 Å². The van der Waals surface area contributed by atoms with Gasteiger partial charge in [-0.15, -0.1) is 0 Å².